The van der Waals surface area contributed by atoms with Crippen LogP contribution in [0.15, 0.2) is 49.2 Å². The standard InChI is InChI=1S/C16H17N5/c1-2-14(15-5-8-18-16-19-9-11-21(15)16)20(10-1)12-13-3-6-17-7-4-13/h3-9,11,14H,1-2,10,12H2/t14-/m1/s1. The minimum absolute atomic E-state index is 0.429. The fraction of sp³-hybridized carbons (Fsp3) is 0.312. The van der Waals surface area contributed by atoms with Gasteiger partial charge in [0.05, 0.1) is 6.04 Å². The Kier molecular flexibility index (Phi) is 3.12. The van der Waals surface area contributed by atoms with E-state index in [0.717, 1.165) is 18.9 Å². The van der Waals surface area contributed by atoms with Crippen molar-refractivity contribution in [1.29, 1.82) is 0 Å². The van der Waals surface area contributed by atoms with Crippen LogP contribution in [0.2, 0.25) is 0 Å². The molecule has 0 unspecified atom stereocenters. The maximum Gasteiger partial charge on any atom is 0.233 e. The zero-order valence-electron chi connectivity index (χ0n) is 11.8. The highest BCUT2D eigenvalue weighted by atomic mass is 15.2. The highest BCUT2D eigenvalue weighted by molar-refractivity contribution is 5.31. The molecule has 1 saturated heterocycles. The zero-order chi connectivity index (χ0) is 14.1. The monoisotopic (exact) mass is 279 g/mol. The van der Waals surface area contributed by atoms with Crippen molar-refractivity contribution in [3.63, 3.8) is 0 Å². The molecular weight excluding hydrogens is 262 g/mol. The topological polar surface area (TPSA) is 46.3 Å². The van der Waals surface area contributed by atoms with Crippen LogP contribution in [-0.4, -0.2) is 30.8 Å². The van der Waals surface area contributed by atoms with Gasteiger partial charge in [-0.1, -0.05) is 0 Å². The maximum absolute atomic E-state index is 4.31. The number of imidazole rings is 1. The second-order valence-electron chi connectivity index (χ2n) is 5.45. The Labute approximate surface area is 123 Å². The van der Waals surface area contributed by atoms with Crippen molar-refractivity contribution in [3.8, 4) is 0 Å². The average molecular weight is 279 g/mol. The second-order valence-corrected chi connectivity index (χ2v) is 5.45. The van der Waals surface area contributed by atoms with E-state index >= 15 is 0 Å². The van der Waals surface area contributed by atoms with Gasteiger partial charge in [0.2, 0.25) is 5.78 Å². The summed E-state index contributed by atoms with van der Waals surface area (Å²) in [5, 5.41) is 0. The van der Waals surface area contributed by atoms with E-state index in [-0.39, 0.29) is 0 Å². The molecule has 3 aromatic heterocycles. The Hall–Kier alpha value is -2.27. The first-order valence-electron chi connectivity index (χ1n) is 7.33. The Morgan fingerprint density at radius 1 is 1.05 bits per heavy atom. The van der Waals surface area contributed by atoms with Gasteiger partial charge in [0.15, 0.2) is 0 Å². The van der Waals surface area contributed by atoms with Crippen molar-refractivity contribution >= 4 is 5.78 Å². The lowest BCUT2D eigenvalue weighted by molar-refractivity contribution is 0.243. The molecule has 0 N–H and O–H groups in total. The summed E-state index contributed by atoms with van der Waals surface area (Å²) in [5.41, 5.74) is 2.59. The predicted molar refractivity (Wildman–Crippen MR) is 79.6 cm³/mol. The molecular formula is C16H17N5. The van der Waals surface area contributed by atoms with E-state index in [9.17, 15) is 0 Å². The SMILES string of the molecule is c1cc(CN2CCC[C@@H]2c2ccnc3nccn23)ccn1. The number of fused-ring (bicyclic) bond motifs is 1. The first-order valence-corrected chi connectivity index (χ1v) is 7.33. The number of pyridine rings is 1. The molecule has 106 valence electrons. The van der Waals surface area contributed by atoms with Crippen LogP contribution in [0.25, 0.3) is 5.78 Å². The fourth-order valence-electron chi connectivity index (χ4n) is 3.20. The lowest BCUT2D eigenvalue weighted by atomic mass is 10.1. The Balaban J connectivity index is 1.66. The van der Waals surface area contributed by atoms with Crippen LogP contribution in [0.5, 0.6) is 0 Å². The summed E-state index contributed by atoms with van der Waals surface area (Å²) < 4.78 is 2.11. The molecule has 1 aliphatic heterocycles. The highest BCUT2D eigenvalue weighted by Gasteiger charge is 2.27. The average Bonchev–Trinajstić information content (AvgIpc) is 3.16. The van der Waals surface area contributed by atoms with Crippen molar-refractivity contribution in [3.05, 3.63) is 60.4 Å². The van der Waals surface area contributed by atoms with Crippen molar-refractivity contribution in [2.75, 3.05) is 6.54 Å². The Morgan fingerprint density at radius 3 is 2.81 bits per heavy atom. The van der Waals surface area contributed by atoms with Crippen LogP contribution in [0, 0.1) is 0 Å². The summed E-state index contributed by atoms with van der Waals surface area (Å²) in [6.07, 6.45) is 11.8. The second kappa shape index (κ2) is 5.26. The number of likely N-dealkylation sites (tertiary alicyclic amines) is 1. The molecule has 0 aliphatic carbocycles. The summed E-state index contributed by atoms with van der Waals surface area (Å²) in [7, 11) is 0. The first-order chi connectivity index (χ1) is 10.4. The summed E-state index contributed by atoms with van der Waals surface area (Å²) in [6, 6.07) is 6.73. The van der Waals surface area contributed by atoms with Gasteiger partial charge in [-0.25, -0.2) is 9.97 Å². The van der Waals surface area contributed by atoms with Crippen molar-refractivity contribution in [2.45, 2.75) is 25.4 Å². The van der Waals surface area contributed by atoms with Crippen LogP contribution >= 0.6 is 0 Å². The van der Waals surface area contributed by atoms with E-state index in [0.29, 0.717) is 6.04 Å². The minimum Gasteiger partial charge on any atom is -0.291 e. The summed E-state index contributed by atoms with van der Waals surface area (Å²) in [4.78, 5) is 15.2. The molecule has 0 aromatic carbocycles. The van der Waals surface area contributed by atoms with Gasteiger partial charge in [-0.3, -0.25) is 14.3 Å². The molecule has 0 bridgehead atoms. The quantitative estimate of drug-likeness (QED) is 0.739. The van der Waals surface area contributed by atoms with Crippen molar-refractivity contribution < 1.29 is 0 Å². The van der Waals surface area contributed by atoms with Gasteiger partial charge in [0, 0.05) is 43.2 Å². The molecule has 5 nitrogen and oxygen atoms in total. The van der Waals surface area contributed by atoms with E-state index in [1.807, 2.05) is 31.0 Å². The third-order valence-corrected chi connectivity index (χ3v) is 4.17. The molecule has 0 amide bonds. The molecule has 1 aliphatic rings. The molecule has 1 fully saturated rings. The lowest BCUT2D eigenvalue weighted by Crippen LogP contribution is -2.24. The molecule has 5 heteroatoms. The van der Waals surface area contributed by atoms with E-state index < -0.39 is 0 Å². The fourth-order valence-corrected chi connectivity index (χ4v) is 3.20. The molecule has 0 saturated carbocycles. The van der Waals surface area contributed by atoms with E-state index in [4.69, 9.17) is 0 Å². The summed E-state index contributed by atoms with van der Waals surface area (Å²) >= 11 is 0. The lowest BCUT2D eigenvalue weighted by Gasteiger charge is -2.25. The number of hydrogen-bond acceptors (Lipinski definition) is 4. The Bertz CT molecular complexity index is 737. The molecule has 0 spiro atoms. The molecule has 21 heavy (non-hydrogen) atoms. The van der Waals surface area contributed by atoms with Crippen molar-refractivity contribution in [2.24, 2.45) is 0 Å². The third kappa shape index (κ3) is 2.29. The van der Waals surface area contributed by atoms with Gasteiger partial charge in [0.1, 0.15) is 0 Å². The van der Waals surface area contributed by atoms with E-state index in [1.54, 1.807) is 0 Å². The number of nitrogens with zero attached hydrogens (tertiary/aromatic N) is 5. The first kappa shape index (κ1) is 12.5. The molecule has 3 aromatic rings. The van der Waals surface area contributed by atoms with Gasteiger partial charge in [-0.05, 0) is 43.1 Å². The number of rotatable bonds is 3. The molecule has 1 atom stereocenters. The summed E-state index contributed by atoms with van der Waals surface area (Å²) in [5.74, 6) is 0.781. The van der Waals surface area contributed by atoms with Gasteiger partial charge in [-0.2, -0.15) is 0 Å². The van der Waals surface area contributed by atoms with Gasteiger partial charge < -0.3 is 0 Å². The predicted octanol–water partition coefficient (Wildman–Crippen LogP) is 2.46. The maximum atomic E-state index is 4.31. The van der Waals surface area contributed by atoms with E-state index in [2.05, 4.69) is 42.5 Å². The van der Waals surface area contributed by atoms with Crippen LogP contribution < -0.4 is 0 Å². The van der Waals surface area contributed by atoms with Gasteiger partial charge in [-0.15, -0.1) is 0 Å². The normalized spacial score (nSPS) is 19.3. The van der Waals surface area contributed by atoms with Gasteiger partial charge in [0.25, 0.3) is 0 Å². The van der Waals surface area contributed by atoms with Crippen LogP contribution in [-0.2, 0) is 6.54 Å². The zero-order valence-corrected chi connectivity index (χ0v) is 11.8. The van der Waals surface area contributed by atoms with E-state index in [1.165, 1.54) is 24.1 Å². The van der Waals surface area contributed by atoms with Crippen molar-refractivity contribution in [1.82, 2.24) is 24.3 Å². The smallest absolute Gasteiger partial charge is 0.233 e. The largest absolute Gasteiger partial charge is 0.291 e. The summed E-state index contributed by atoms with van der Waals surface area (Å²) in [6.45, 7) is 2.09. The highest BCUT2D eigenvalue weighted by Crippen LogP contribution is 2.32. The van der Waals surface area contributed by atoms with Crippen LogP contribution in [0.1, 0.15) is 30.1 Å². The van der Waals surface area contributed by atoms with Crippen LogP contribution in [0.4, 0.5) is 0 Å². The third-order valence-electron chi connectivity index (χ3n) is 4.17. The number of aromatic nitrogens is 4. The number of hydrogen-bond donors (Lipinski definition) is 0. The van der Waals surface area contributed by atoms with Crippen LogP contribution in [0.3, 0.4) is 0 Å². The Morgan fingerprint density at radius 2 is 1.90 bits per heavy atom. The molecule has 0 radical (unpaired) electrons. The molecule has 4 heterocycles. The van der Waals surface area contributed by atoms with Gasteiger partial charge >= 0.3 is 0 Å². The molecule has 4 rings (SSSR count). The minimum atomic E-state index is 0.429.